The normalized spacial score (nSPS) is 16.3. The minimum atomic E-state index is -5.22. The zero-order valence-corrected chi connectivity index (χ0v) is 41.3. The predicted octanol–water partition coefficient (Wildman–Crippen LogP) is 7.11. The molecule has 2 atom stereocenters. The number of carbonyl (C=O) groups excluding carboxylic acids is 4. The van der Waals surface area contributed by atoms with Crippen molar-refractivity contribution in [3.8, 4) is 28.1 Å². The highest BCUT2D eigenvalue weighted by Crippen LogP contribution is 2.44. The van der Waals surface area contributed by atoms with E-state index in [1.807, 2.05) is 57.5 Å². The van der Waals surface area contributed by atoms with Crippen molar-refractivity contribution in [2.75, 3.05) is 56.5 Å². The summed E-state index contributed by atoms with van der Waals surface area (Å²) < 4.78 is 79.3. The number of thiocarbonyl (C=S) groups is 1. The van der Waals surface area contributed by atoms with Gasteiger partial charge in [0.1, 0.15) is 41.2 Å². The fourth-order valence-corrected chi connectivity index (χ4v) is 9.36. The second-order valence-corrected chi connectivity index (χ2v) is 19.3. The van der Waals surface area contributed by atoms with E-state index in [0.29, 0.717) is 37.3 Å². The maximum absolute atomic E-state index is 15.5. The zero-order chi connectivity index (χ0) is 51.1. The number of hydrogen-bond donors (Lipinski definition) is 2. The van der Waals surface area contributed by atoms with E-state index in [-0.39, 0.29) is 67.3 Å². The number of pyridine rings is 1. The van der Waals surface area contributed by atoms with E-state index in [1.54, 1.807) is 16.2 Å². The van der Waals surface area contributed by atoms with Crippen LogP contribution < -0.4 is 29.9 Å². The summed E-state index contributed by atoms with van der Waals surface area (Å²) >= 11 is 7.10. The van der Waals surface area contributed by atoms with Gasteiger partial charge in [0.05, 0.1) is 66.5 Å². The number of anilines is 2. The van der Waals surface area contributed by atoms with Crippen molar-refractivity contribution in [2.45, 2.75) is 91.1 Å². The Morgan fingerprint density at radius 1 is 1.03 bits per heavy atom. The molecule has 70 heavy (non-hydrogen) atoms. The molecule has 22 heteroatoms. The van der Waals surface area contributed by atoms with E-state index in [9.17, 15) is 37.6 Å². The van der Waals surface area contributed by atoms with Gasteiger partial charge in [-0.25, -0.2) is 14.4 Å². The zero-order valence-electron chi connectivity index (χ0n) is 39.7. The first kappa shape index (κ1) is 53.1. The highest BCUT2D eigenvalue weighted by molar-refractivity contribution is 7.81. The number of aromatic nitrogens is 2. The molecule has 374 valence electrons. The average molecular weight is 1010 g/mol. The van der Waals surface area contributed by atoms with Gasteiger partial charge in [-0.3, -0.25) is 29.0 Å². The van der Waals surface area contributed by atoms with E-state index in [2.05, 4.69) is 20.6 Å². The molecular formula is C48H54F4N8O8S2. The molecule has 0 bridgehead atoms. The standard InChI is InChI=1S/C48H54F4N8O8S2/c1-28-40(70-27-56-28)30-13-11-29(12-14-30)24-55-42(62)33-10-8-17-58(33)43(63)41(46(2,3)4)57-36(61)26-67-21-20-66-18-9-19-68-37-22-35(65-7)34(25-54-37)60-45(69)59(44(64)47(60,5)6)32-16-15-31(23-53)38(39(32)49)48(50,51)52/h11-16,22,25,27,33,41H,8-10,17-21,24,26H2,1-7H3,(H,55,62)(H,57,61)/t33-,41+/m0/s1. The SMILES string of the molecule is COc1cc(OCCCOCCOCC(=O)N[C@H](C(=O)N2CCC[C@H]2C(=O)NCc2ccc(-c3scnc3C)cc2)C(C)(C)C)ncc1N1C(=S)N(c2ccc(C#N)c(C(F)(F)F)c2F)C(=O)C1(C)C. The summed E-state index contributed by atoms with van der Waals surface area (Å²) in [7, 11) is 1.34. The quantitative estimate of drug-likeness (QED) is 0.0550. The topological polar surface area (TPSA) is 189 Å². The van der Waals surface area contributed by atoms with Crippen molar-refractivity contribution >= 4 is 63.7 Å². The number of hydrogen-bond acceptors (Lipinski definition) is 13. The van der Waals surface area contributed by atoms with E-state index in [1.165, 1.54) is 44.2 Å². The fourth-order valence-electron chi connectivity index (χ4n) is 8.04. The summed E-state index contributed by atoms with van der Waals surface area (Å²) in [6.45, 7) is 11.4. The molecule has 2 fully saturated rings. The summed E-state index contributed by atoms with van der Waals surface area (Å²) in [6, 6.07) is 10.8. The molecule has 0 unspecified atom stereocenters. The molecule has 2 saturated heterocycles. The second kappa shape index (κ2) is 22.2. The third-order valence-electron chi connectivity index (χ3n) is 11.7. The maximum Gasteiger partial charge on any atom is 0.420 e. The molecule has 2 aromatic heterocycles. The third-order valence-corrected chi connectivity index (χ3v) is 13.0. The van der Waals surface area contributed by atoms with Gasteiger partial charge in [0.15, 0.2) is 10.9 Å². The van der Waals surface area contributed by atoms with Crippen LogP contribution in [-0.2, 0) is 41.4 Å². The van der Waals surface area contributed by atoms with Crippen LogP contribution in [0.2, 0.25) is 0 Å². The van der Waals surface area contributed by atoms with Gasteiger partial charge < -0.3 is 34.5 Å². The molecule has 2 aliphatic rings. The van der Waals surface area contributed by atoms with E-state index in [4.69, 9.17) is 31.2 Å². The molecule has 2 aromatic carbocycles. The van der Waals surface area contributed by atoms with Gasteiger partial charge in [0.2, 0.25) is 23.6 Å². The van der Waals surface area contributed by atoms with Crippen molar-refractivity contribution in [3.05, 3.63) is 82.4 Å². The number of alkyl halides is 3. The first-order valence-electron chi connectivity index (χ1n) is 22.3. The number of halogens is 4. The van der Waals surface area contributed by atoms with E-state index < -0.39 is 63.7 Å². The Morgan fingerprint density at radius 2 is 1.74 bits per heavy atom. The number of nitrogens with one attached hydrogen (secondary N) is 2. The predicted molar refractivity (Wildman–Crippen MR) is 256 cm³/mol. The van der Waals surface area contributed by atoms with Crippen molar-refractivity contribution < 1.29 is 55.7 Å². The Hall–Kier alpha value is -6.28. The lowest BCUT2D eigenvalue weighted by Crippen LogP contribution is -2.58. The van der Waals surface area contributed by atoms with Crippen LogP contribution >= 0.6 is 23.6 Å². The number of amides is 4. The molecular weight excluding hydrogens is 957 g/mol. The van der Waals surface area contributed by atoms with Gasteiger partial charge >= 0.3 is 6.18 Å². The number of thiazole rings is 1. The number of carbonyl (C=O) groups is 4. The Labute approximate surface area is 412 Å². The van der Waals surface area contributed by atoms with Crippen LogP contribution in [0.3, 0.4) is 0 Å². The second-order valence-electron chi connectivity index (χ2n) is 18.0. The minimum absolute atomic E-state index is 0.0839. The molecule has 4 aromatic rings. The molecule has 0 saturated carbocycles. The Bertz CT molecular complexity index is 2630. The van der Waals surface area contributed by atoms with Crippen molar-refractivity contribution in [1.29, 1.82) is 5.26 Å². The highest BCUT2D eigenvalue weighted by atomic mass is 32.1. The van der Waals surface area contributed by atoms with Gasteiger partial charge in [-0.2, -0.15) is 18.4 Å². The minimum Gasteiger partial charge on any atom is -0.494 e. The molecule has 4 heterocycles. The number of benzene rings is 2. The first-order chi connectivity index (χ1) is 33.1. The van der Waals surface area contributed by atoms with Crippen LogP contribution in [0.1, 0.15) is 76.3 Å². The van der Waals surface area contributed by atoms with Crippen molar-refractivity contribution in [3.63, 3.8) is 0 Å². The summed E-state index contributed by atoms with van der Waals surface area (Å²) in [5, 5.41) is 14.6. The van der Waals surface area contributed by atoms with Gasteiger partial charge in [-0.05, 0) is 74.5 Å². The first-order valence-corrected chi connectivity index (χ1v) is 23.6. The van der Waals surface area contributed by atoms with E-state index in [0.717, 1.165) is 33.8 Å². The lowest BCUT2D eigenvalue weighted by Gasteiger charge is -2.35. The van der Waals surface area contributed by atoms with Crippen LogP contribution in [0.25, 0.3) is 10.4 Å². The molecule has 6 rings (SSSR count). The Balaban J connectivity index is 0.926. The van der Waals surface area contributed by atoms with Gasteiger partial charge in [-0.15, -0.1) is 11.3 Å². The maximum atomic E-state index is 15.5. The van der Waals surface area contributed by atoms with Gasteiger partial charge in [0, 0.05) is 32.2 Å². The van der Waals surface area contributed by atoms with E-state index >= 15 is 4.39 Å². The summed E-state index contributed by atoms with van der Waals surface area (Å²) in [6.07, 6.45) is -2.35. The van der Waals surface area contributed by atoms with Crippen LogP contribution in [0.15, 0.2) is 54.2 Å². The van der Waals surface area contributed by atoms with Crippen molar-refractivity contribution in [2.24, 2.45) is 5.41 Å². The third kappa shape index (κ3) is 11.8. The summed E-state index contributed by atoms with van der Waals surface area (Å²) in [4.78, 5) is 67.2. The molecule has 4 amide bonds. The van der Waals surface area contributed by atoms with Crippen LogP contribution in [0, 0.1) is 29.5 Å². The Morgan fingerprint density at radius 3 is 2.39 bits per heavy atom. The number of aryl methyl sites for hydroxylation is 1. The van der Waals surface area contributed by atoms with Crippen LogP contribution in [-0.4, -0.2) is 108 Å². The molecule has 0 radical (unpaired) electrons. The van der Waals surface area contributed by atoms with Gasteiger partial charge in [-0.1, -0.05) is 45.0 Å². The molecule has 0 aliphatic carbocycles. The lowest BCUT2D eigenvalue weighted by atomic mass is 9.85. The lowest BCUT2D eigenvalue weighted by molar-refractivity contribution is -0.144. The summed E-state index contributed by atoms with van der Waals surface area (Å²) in [5.74, 6) is -3.47. The number of nitrogens with zero attached hydrogens (tertiary/aromatic N) is 6. The van der Waals surface area contributed by atoms with Crippen LogP contribution in [0.5, 0.6) is 11.6 Å². The Kier molecular flexibility index (Phi) is 16.8. The van der Waals surface area contributed by atoms with Crippen molar-refractivity contribution in [1.82, 2.24) is 25.5 Å². The van der Waals surface area contributed by atoms with Crippen LogP contribution in [0.4, 0.5) is 28.9 Å². The number of nitriles is 1. The monoisotopic (exact) mass is 1010 g/mol. The molecule has 0 spiro atoms. The average Bonchev–Trinajstić information content (AvgIpc) is 4.02. The number of rotatable bonds is 19. The fraction of sp³-hybridized carbons (Fsp3) is 0.458. The smallest absolute Gasteiger partial charge is 0.420 e. The number of methoxy groups -OCH3 is 1. The number of ether oxygens (including phenoxy) is 4. The molecule has 2 aliphatic heterocycles. The number of likely N-dealkylation sites (tertiary alicyclic amines) is 1. The highest BCUT2D eigenvalue weighted by Gasteiger charge is 2.53. The largest absolute Gasteiger partial charge is 0.494 e. The molecule has 2 N–H and O–H groups in total. The molecule has 16 nitrogen and oxygen atoms in total. The van der Waals surface area contributed by atoms with Gasteiger partial charge in [0.25, 0.3) is 5.91 Å². The summed E-state index contributed by atoms with van der Waals surface area (Å²) in [5.41, 5.74) is -0.842.